The molecule has 31 heavy (non-hydrogen) atoms. The molecule has 162 valence electrons. The molecule has 1 amide bonds. The number of hydrogen-bond donors (Lipinski definition) is 1. The van der Waals surface area contributed by atoms with Gasteiger partial charge in [0.25, 0.3) is 5.91 Å². The zero-order chi connectivity index (χ0) is 22.6. The van der Waals surface area contributed by atoms with E-state index in [0.717, 1.165) is 12.1 Å². The minimum absolute atomic E-state index is 0.117. The van der Waals surface area contributed by atoms with Gasteiger partial charge < -0.3 is 14.8 Å². The standard InChI is InChI=1S/C20H17F3N4O4/c1-12-3-4-13(19(29)30-2)7-17(12)31-9-18(28)26-15-8-14(20(21,22)23)5-6-16(15)27-11-24-10-25-27/h3-8,10-11H,9H2,1-2H3,(H,26,28). The number of esters is 1. The molecule has 0 unspecified atom stereocenters. The number of nitrogens with zero attached hydrogens (tertiary/aromatic N) is 3. The summed E-state index contributed by atoms with van der Waals surface area (Å²) < 4.78 is 50.7. The molecule has 0 aliphatic heterocycles. The van der Waals surface area contributed by atoms with Crippen molar-refractivity contribution >= 4 is 17.6 Å². The number of anilines is 1. The van der Waals surface area contributed by atoms with Crippen LogP contribution in [0.4, 0.5) is 18.9 Å². The SMILES string of the molecule is COC(=O)c1ccc(C)c(OCC(=O)Nc2cc(C(F)(F)F)ccc2-n2cncn2)c1. The van der Waals surface area contributed by atoms with Crippen molar-refractivity contribution in [2.75, 3.05) is 19.0 Å². The first-order valence-electron chi connectivity index (χ1n) is 8.87. The highest BCUT2D eigenvalue weighted by Gasteiger charge is 2.31. The Kier molecular flexibility index (Phi) is 6.23. The van der Waals surface area contributed by atoms with Gasteiger partial charge in [0.15, 0.2) is 6.61 Å². The summed E-state index contributed by atoms with van der Waals surface area (Å²) in [6.07, 6.45) is -2.10. The van der Waals surface area contributed by atoms with E-state index in [0.29, 0.717) is 5.56 Å². The maximum atomic E-state index is 13.1. The third kappa shape index (κ3) is 5.18. The van der Waals surface area contributed by atoms with E-state index < -0.39 is 30.2 Å². The predicted molar refractivity (Wildman–Crippen MR) is 103 cm³/mol. The lowest BCUT2D eigenvalue weighted by molar-refractivity contribution is -0.137. The Labute approximate surface area is 174 Å². The molecule has 0 radical (unpaired) electrons. The van der Waals surface area contributed by atoms with E-state index in [1.807, 2.05) is 0 Å². The molecule has 3 aromatic rings. The molecule has 0 saturated heterocycles. The number of methoxy groups -OCH3 is 1. The number of aryl methyl sites for hydroxylation is 1. The summed E-state index contributed by atoms with van der Waals surface area (Å²) in [5, 5.41) is 6.29. The lowest BCUT2D eigenvalue weighted by Gasteiger charge is -2.15. The Hall–Kier alpha value is -3.89. The molecule has 3 rings (SSSR count). The van der Waals surface area contributed by atoms with E-state index >= 15 is 0 Å². The Morgan fingerprint density at radius 1 is 1.16 bits per heavy atom. The van der Waals surface area contributed by atoms with Gasteiger partial charge in [0.1, 0.15) is 18.4 Å². The monoisotopic (exact) mass is 434 g/mol. The van der Waals surface area contributed by atoms with Crippen LogP contribution in [0.5, 0.6) is 5.75 Å². The van der Waals surface area contributed by atoms with Gasteiger partial charge in [-0.2, -0.15) is 18.3 Å². The van der Waals surface area contributed by atoms with Crippen LogP contribution in [0.25, 0.3) is 5.69 Å². The van der Waals surface area contributed by atoms with Gasteiger partial charge in [-0.05, 0) is 42.8 Å². The molecule has 0 aliphatic rings. The van der Waals surface area contributed by atoms with E-state index in [1.54, 1.807) is 19.1 Å². The fourth-order valence-corrected chi connectivity index (χ4v) is 2.67. The fourth-order valence-electron chi connectivity index (χ4n) is 2.67. The van der Waals surface area contributed by atoms with E-state index in [2.05, 4.69) is 20.1 Å². The number of carbonyl (C=O) groups excluding carboxylic acids is 2. The summed E-state index contributed by atoms with van der Waals surface area (Å²) in [7, 11) is 1.23. The molecule has 0 aliphatic carbocycles. The largest absolute Gasteiger partial charge is 0.483 e. The summed E-state index contributed by atoms with van der Waals surface area (Å²) >= 11 is 0. The lowest BCUT2D eigenvalue weighted by Crippen LogP contribution is -2.22. The average Bonchev–Trinajstić information content (AvgIpc) is 3.26. The average molecular weight is 434 g/mol. The molecule has 0 spiro atoms. The molecule has 1 N–H and O–H groups in total. The van der Waals surface area contributed by atoms with Crippen LogP contribution >= 0.6 is 0 Å². The quantitative estimate of drug-likeness (QED) is 0.598. The summed E-state index contributed by atoms with van der Waals surface area (Å²) in [6, 6.07) is 7.44. The van der Waals surface area contributed by atoms with E-state index in [9.17, 15) is 22.8 Å². The number of amides is 1. The van der Waals surface area contributed by atoms with E-state index in [1.165, 1.54) is 36.6 Å². The summed E-state index contributed by atoms with van der Waals surface area (Å²) in [4.78, 5) is 27.8. The third-order valence-corrected chi connectivity index (χ3v) is 4.23. The Bertz CT molecular complexity index is 1100. The number of ether oxygens (including phenoxy) is 2. The van der Waals surface area contributed by atoms with Crippen LogP contribution in [0.2, 0.25) is 0 Å². The molecule has 0 saturated carbocycles. The van der Waals surface area contributed by atoms with Crippen molar-refractivity contribution < 1.29 is 32.2 Å². The van der Waals surface area contributed by atoms with Crippen LogP contribution in [-0.2, 0) is 15.7 Å². The van der Waals surface area contributed by atoms with Crippen LogP contribution in [0.1, 0.15) is 21.5 Å². The Balaban J connectivity index is 1.79. The van der Waals surface area contributed by atoms with Gasteiger partial charge >= 0.3 is 12.1 Å². The second-order valence-electron chi connectivity index (χ2n) is 6.38. The maximum absolute atomic E-state index is 13.1. The smallest absolute Gasteiger partial charge is 0.416 e. The first-order valence-corrected chi connectivity index (χ1v) is 8.87. The second kappa shape index (κ2) is 8.86. The first kappa shape index (κ1) is 21.8. The van der Waals surface area contributed by atoms with Gasteiger partial charge in [-0.15, -0.1) is 0 Å². The highest BCUT2D eigenvalue weighted by Crippen LogP contribution is 2.33. The Morgan fingerprint density at radius 3 is 2.58 bits per heavy atom. The minimum atomic E-state index is -4.59. The van der Waals surface area contributed by atoms with Gasteiger partial charge in [-0.25, -0.2) is 14.5 Å². The zero-order valence-electron chi connectivity index (χ0n) is 16.4. The number of hydrogen-bond acceptors (Lipinski definition) is 6. The van der Waals surface area contributed by atoms with E-state index in [-0.39, 0.29) is 22.7 Å². The molecule has 1 aromatic heterocycles. The molecule has 11 heteroatoms. The highest BCUT2D eigenvalue weighted by atomic mass is 19.4. The van der Waals surface area contributed by atoms with Crippen LogP contribution in [0.15, 0.2) is 49.1 Å². The predicted octanol–water partition coefficient (Wildman–Crippen LogP) is 3.40. The topological polar surface area (TPSA) is 95.3 Å². The van der Waals surface area contributed by atoms with Gasteiger partial charge in [-0.1, -0.05) is 6.07 Å². The van der Waals surface area contributed by atoms with Gasteiger partial charge in [0, 0.05) is 0 Å². The van der Waals surface area contributed by atoms with Crippen LogP contribution < -0.4 is 10.1 Å². The zero-order valence-corrected chi connectivity index (χ0v) is 16.4. The number of carbonyl (C=O) groups is 2. The van der Waals surface area contributed by atoms with E-state index in [4.69, 9.17) is 4.74 Å². The molecular weight excluding hydrogens is 417 g/mol. The number of nitrogens with one attached hydrogen (secondary N) is 1. The number of rotatable bonds is 6. The molecule has 1 heterocycles. The number of benzene rings is 2. The summed E-state index contributed by atoms with van der Waals surface area (Å²) in [5.41, 5.74) is 0.0311. The van der Waals surface area contributed by atoms with Crippen molar-refractivity contribution in [3.8, 4) is 11.4 Å². The van der Waals surface area contributed by atoms with Crippen molar-refractivity contribution in [2.45, 2.75) is 13.1 Å². The van der Waals surface area contributed by atoms with Gasteiger partial charge in [0.2, 0.25) is 0 Å². The third-order valence-electron chi connectivity index (χ3n) is 4.23. The second-order valence-corrected chi connectivity index (χ2v) is 6.38. The van der Waals surface area contributed by atoms with Crippen LogP contribution in [0, 0.1) is 6.92 Å². The normalized spacial score (nSPS) is 11.1. The van der Waals surface area contributed by atoms with Crippen molar-refractivity contribution in [3.63, 3.8) is 0 Å². The number of aromatic nitrogens is 3. The van der Waals surface area contributed by atoms with Crippen molar-refractivity contribution in [2.24, 2.45) is 0 Å². The maximum Gasteiger partial charge on any atom is 0.416 e. The van der Waals surface area contributed by atoms with Crippen LogP contribution in [0.3, 0.4) is 0 Å². The molecular formula is C20H17F3N4O4. The lowest BCUT2D eigenvalue weighted by atomic mass is 10.1. The van der Waals surface area contributed by atoms with Gasteiger partial charge in [-0.3, -0.25) is 4.79 Å². The minimum Gasteiger partial charge on any atom is -0.483 e. The molecule has 2 aromatic carbocycles. The molecule has 0 bridgehead atoms. The fraction of sp³-hybridized carbons (Fsp3) is 0.200. The highest BCUT2D eigenvalue weighted by molar-refractivity contribution is 5.94. The van der Waals surface area contributed by atoms with Crippen LogP contribution in [-0.4, -0.2) is 40.4 Å². The summed E-state index contributed by atoms with van der Waals surface area (Å²) in [5.74, 6) is -1.02. The molecule has 0 fully saturated rings. The first-order chi connectivity index (χ1) is 14.7. The number of halogens is 3. The van der Waals surface area contributed by atoms with Crippen molar-refractivity contribution in [1.82, 2.24) is 14.8 Å². The van der Waals surface area contributed by atoms with Gasteiger partial charge in [0.05, 0.1) is 29.6 Å². The molecule has 8 nitrogen and oxygen atoms in total. The van der Waals surface area contributed by atoms with Crippen molar-refractivity contribution in [1.29, 1.82) is 0 Å². The Morgan fingerprint density at radius 2 is 1.94 bits per heavy atom. The summed E-state index contributed by atoms with van der Waals surface area (Å²) in [6.45, 7) is 1.21. The van der Waals surface area contributed by atoms with Crippen molar-refractivity contribution in [3.05, 3.63) is 65.7 Å². The number of alkyl halides is 3. The molecule has 0 atom stereocenters.